The van der Waals surface area contributed by atoms with Crippen LogP contribution in [0.5, 0.6) is 11.5 Å². The summed E-state index contributed by atoms with van der Waals surface area (Å²) in [4.78, 5) is -0.599. The summed E-state index contributed by atoms with van der Waals surface area (Å²) in [6.45, 7) is 0. The molecule has 4 N–H and O–H groups in total. The molecule has 0 fully saturated rings. The SMILES string of the molecule is COc1ccccc1N=Nc1cc(N)c(O)cc1S(=O)(=O)O. The van der Waals surface area contributed by atoms with E-state index in [2.05, 4.69) is 10.2 Å². The fourth-order valence-corrected chi connectivity index (χ4v) is 2.30. The summed E-state index contributed by atoms with van der Waals surface area (Å²) in [6, 6.07) is 8.60. The third kappa shape index (κ3) is 3.32. The van der Waals surface area contributed by atoms with Gasteiger partial charge in [0.2, 0.25) is 0 Å². The van der Waals surface area contributed by atoms with Gasteiger partial charge in [-0.25, -0.2) is 0 Å². The number of aromatic hydroxyl groups is 1. The fraction of sp³-hybridized carbons (Fsp3) is 0.0769. The van der Waals surface area contributed by atoms with Crippen molar-refractivity contribution >= 4 is 27.2 Å². The van der Waals surface area contributed by atoms with Crippen molar-refractivity contribution < 1.29 is 22.8 Å². The van der Waals surface area contributed by atoms with E-state index < -0.39 is 20.8 Å². The molecule has 2 aromatic carbocycles. The molecule has 22 heavy (non-hydrogen) atoms. The van der Waals surface area contributed by atoms with Gasteiger partial charge in [0, 0.05) is 6.07 Å². The zero-order chi connectivity index (χ0) is 16.3. The molecule has 0 aliphatic carbocycles. The first-order valence-corrected chi connectivity index (χ1v) is 7.41. The minimum atomic E-state index is -4.59. The summed E-state index contributed by atoms with van der Waals surface area (Å²) in [6.07, 6.45) is 0. The second-order valence-electron chi connectivity index (χ2n) is 4.23. The van der Waals surface area contributed by atoms with Crippen molar-refractivity contribution in [1.29, 1.82) is 0 Å². The third-order valence-electron chi connectivity index (χ3n) is 2.74. The Morgan fingerprint density at radius 2 is 1.77 bits per heavy atom. The lowest BCUT2D eigenvalue weighted by atomic mass is 10.2. The number of methoxy groups -OCH3 is 1. The van der Waals surface area contributed by atoms with E-state index >= 15 is 0 Å². The largest absolute Gasteiger partial charge is 0.506 e. The molecular formula is C13H13N3O5S. The van der Waals surface area contributed by atoms with Crippen molar-refractivity contribution in [2.75, 3.05) is 12.8 Å². The number of nitrogens with two attached hydrogens (primary N) is 1. The maximum Gasteiger partial charge on any atom is 0.296 e. The molecule has 0 radical (unpaired) electrons. The van der Waals surface area contributed by atoms with E-state index in [0.29, 0.717) is 11.4 Å². The average Bonchev–Trinajstić information content (AvgIpc) is 2.47. The number of rotatable bonds is 4. The molecule has 116 valence electrons. The van der Waals surface area contributed by atoms with Crippen LogP contribution >= 0.6 is 0 Å². The van der Waals surface area contributed by atoms with Crippen molar-refractivity contribution in [3.8, 4) is 11.5 Å². The standard InChI is InChI=1S/C13H13N3O5S/c1-21-12-5-3-2-4-9(12)15-16-10-6-8(14)11(17)7-13(10)22(18,19)20/h2-7,17H,14H2,1H3,(H,18,19,20). The molecule has 0 saturated heterocycles. The smallest absolute Gasteiger partial charge is 0.296 e. The van der Waals surface area contributed by atoms with Crippen molar-refractivity contribution in [1.82, 2.24) is 0 Å². The number of nitrogens with zero attached hydrogens (tertiary/aromatic N) is 2. The highest BCUT2D eigenvalue weighted by atomic mass is 32.2. The summed E-state index contributed by atoms with van der Waals surface area (Å²) in [5.74, 6) is -0.0460. The van der Waals surface area contributed by atoms with Gasteiger partial charge in [-0.05, 0) is 18.2 Å². The number of hydrogen-bond donors (Lipinski definition) is 3. The number of phenolic OH excluding ortho intramolecular Hbond substituents is 1. The molecule has 0 spiro atoms. The zero-order valence-corrected chi connectivity index (χ0v) is 12.3. The molecular weight excluding hydrogens is 310 g/mol. The maximum absolute atomic E-state index is 11.3. The zero-order valence-electron chi connectivity index (χ0n) is 11.5. The Kier molecular flexibility index (Phi) is 4.29. The topological polar surface area (TPSA) is 135 Å². The Hall–Kier alpha value is -2.65. The minimum Gasteiger partial charge on any atom is -0.506 e. The lowest BCUT2D eigenvalue weighted by Gasteiger charge is -2.06. The molecule has 9 heteroatoms. The number of azo groups is 1. The van der Waals surface area contributed by atoms with Gasteiger partial charge >= 0.3 is 0 Å². The molecule has 0 aromatic heterocycles. The molecule has 2 rings (SSSR count). The van der Waals surface area contributed by atoms with E-state index in [-0.39, 0.29) is 11.4 Å². The lowest BCUT2D eigenvalue weighted by Crippen LogP contribution is -1.99. The third-order valence-corrected chi connectivity index (χ3v) is 3.62. The van der Waals surface area contributed by atoms with E-state index in [1.165, 1.54) is 7.11 Å². The Morgan fingerprint density at radius 3 is 2.41 bits per heavy atom. The molecule has 0 bridgehead atoms. The minimum absolute atomic E-state index is 0.0959. The quantitative estimate of drug-likeness (QED) is 0.342. The van der Waals surface area contributed by atoms with Crippen LogP contribution in [0.1, 0.15) is 0 Å². The number of benzene rings is 2. The van der Waals surface area contributed by atoms with Crippen LogP contribution in [0.3, 0.4) is 0 Å². The van der Waals surface area contributed by atoms with Crippen molar-refractivity contribution in [2.24, 2.45) is 10.2 Å². The predicted molar refractivity (Wildman–Crippen MR) is 79.5 cm³/mol. The van der Waals surface area contributed by atoms with Gasteiger partial charge in [-0.3, -0.25) is 4.55 Å². The van der Waals surface area contributed by atoms with Crippen LogP contribution in [0, 0.1) is 0 Å². The average molecular weight is 323 g/mol. The molecule has 8 nitrogen and oxygen atoms in total. The summed E-state index contributed by atoms with van der Waals surface area (Å²) in [5.41, 5.74) is 5.56. The van der Waals surface area contributed by atoms with Gasteiger partial charge in [-0.1, -0.05) is 12.1 Å². The van der Waals surface area contributed by atoms with Crippen LogP contribution in [0.2, 0.25) is 0 Å². The number of ether oxygens (including phenoxy) is 1. The first kappa shape index (κ1) is 15.7. The van der Waals surface area contributed by atoms with Gasteiger partial charge in [0.1, 0.15) is 27.8 Å². The molecule has 0 aliphatic heterocycles. The fourth-order valence-electron chi connectivity index (χ4n) is 1.68. The predicted octanol–water partition coefficient (Wildman–Crippen LogP) is 2.65. The van der Waals surface area contributed by atoms with Gasteiger partial charge in [-0.2, -0.15) is 8.42 Å². The van der Waals surface area contributed by atoms with Crippen molar-refractivity contribution in [2.45, 2.75) is 4.90 Å². The van der Waals surface area contributed by atoms with E-state index in [1.807, 2.05) is 0 Å². The number of nitrogen functional groups attached to an aromatic ring is 1. The Balaban J connectivity index is 2.53. The van der Waals surface area contributed by atoms with Gasteiger partial charge in [0.15, 0.2) is 0 Å². The Bertz CT molecular complexity index is 834. The van der Waals surface area contributed by atoms with Crippen LogP contribution < -0.4 is 10.5 Å². The summed E-state index contributed by atoms with van der Waals surface area (Å²) < 4.78 is 36.9. The molecule has 0 unspecified atom stereocenters. The first-order valence-electron chi connectivity index (χ1n) is 5.97. The Labute approximate surface area is 126 Å². The summed E-state index contributed by atoms with van der Waals surface area (Å²) >= 11 is 0. The number of phenols is 1. The van der Waals surface area contributed by atoms with E-state index in [1.54, 1.807) is 24.3 Å². The van der Waals surface area contributed by atoms with Crippen LogP contribution in [-0.4, -0.2) is 25.2 Å². The highest BCUT2D eigenvalue weighted by Crippen LogP contribution is 2.35. The van der Waals surface area contributed by atoms with Gasteiger partial charge in [0.05, 0.1) is 12.8 Å². The molecule has 0 atom stereocenters. The van der Waals surface area contributed by atoms with E-state index in [4.69, 9.17) is 10.5 Å². The van der Waals surface area contributed by atoms with Crippen LogP contribution in [0.4, 0.5) is 17.1 Å². The normalized spacial score (nSPS) is 11.7. The number of anilines is 1. The van der Waals surface area contributed by atoms with Crippen LogP contribution in [-0.2, 0) is 10.1 Å². The highest BCUT2D eigenvalue weighted by molar-refractivity contribution is 7.86. The highest BCUT2D eigenvalue weighted by Gasteiger charge is 2.18. The van der Waals surface area contributed by atoms with Crippen LogP contribution in [0.15, 0.2) is 51.5 Å². The molecule has 2 aromatic rings. The monoisotopic (exact) mass is 323 g/mol. The van der Waals surface area contributed by atoms with E-state index in [0.717, 1.165) is 12.1 Å². The van der Waals surface area contributed by atoms with Crippen molar-refractivity contribution in [3.63, 3.8) is 0 Å². The van der Waals surface area contributed by atoms with Crippen molar-refractivity contribution in [3.05, 3.63) is 36.4 Å². The summed E-state index contributed by atoms with van der Waals surface area (Å²) in [5, 5.41) is 17.1. The van der Waals surface area contributed by atoms with Crippen LogP contribution in [0.25, 0.3) is 0 Å². The lowest BCUT2D eigenvalue weighted by molar-refractivity contribution is 0.416. The molecule has 0 amide bonds. The molecule has 0 saturated carbocycles. The summed E-state index contributed by atoms with van der Waals surface area (Å²) in [7, 11) is -3.14. The van der Waals surface area contributed by atoms with E-state index in [9.17, 15) is 18.1 Å². The molecule has 0 aliphatic rings. The van der Waals surface area contributed by atoms with Gasteiger partial charge in [-0.15, -0.1) is 10.2 Å². The maximum atomic E-state index is 11.3. The number of hydrogen-bond acceptors (Lipinski definition) is 7. The Morgan fingerprint density at radius 1 is 1.14 bits per heavy atom. The first-order chi connectivity index (χ1) is 10.3. The van der Waals surface area contributed by atoms with Gasteiger partial charge in [0.25, 0.3) is 10.1 Å². The van der Waals surface area contributed by atoms with Gasteiger partial charge < -0.3 is 15.6 Å². The number of para-hydroxylation sites is 1. The molecule has 0 heterocycles. The second kappa shape index (κ2) is 6.00. The second-order valence-corrected chi connectivity index (χ2v) is 5.62.